The van der Waals surface area contributed by atoms with Crippen LogP contribution in [0.1, 0.15) is 27.6 Å². The van der Waals surface area contributed by atoms with Crippen LogP contribution in [-0.4, -0.2) is 41.8 Å². The van der Waals surface area contributed by atoms with Gasteiger partial charge in [-0.25, -0.2) is 14.5 Å². The van der Waals surface area contributed by atoms with Gasteiger partial charge in [0.2, 0.25) is 0 Å². The van der Waals surface area contributed by atoms with Crippen LogP contribution >= 0.6 is 11.6 Å². The third-order valence-electron chi connectivity index (χ3n) is 4.22. The van der Waals surface area contributed by atoms with Crippen molar-refractivity contribution in [1.29, 1.82) is 0 Å². The van der Waals surface area contributed by atoms with Crippen molar-refractivity contribution in [3.63, 3.8) is 0 Å². The molecule has 0 N–H and O–H groups in total. The van der Waals surface area contributed by atoms with Gasteiger partial charge in [0.05, 0.1) is 12.2 Å². The SMILES string of the molecule is Cc1cc(C(F)(F)Cl)n2nc(C(=O)N(C)Cc3cn4ccccc4n3)cc2n1. The minimum atomic E-state index is -3.64. The zero-order chi connectivity index (χ0) is 20.1. The van der Waals surface area contributed by atoms with Gasteiger partial charge >= 0.3 is 5.38 Å². The number of carbonyl (C=O) groups excluding carboxylic acids is 1. The van der Waals surface area contributed by atoms with Crippen LogP contribution in [0.3, 0.4) is 0 Å². The highest BCUT2D eigenvalue weighted by Crippen LogP contribution is 2.32. The number of fused-ring (bicyclic) bond motifs is 2. The lowest BCUT2D eigenvalue weighted by atomic mass is 10.3. The van der Waals surface area contributed by atoms with Crippen LogP contribution in [0, 0.1) is 6.92 Å². The van der Waals surface area contributed by atoms with Gasteiger partial charge in [-0.1, -0.05) is 6.07 Å². The van der Waals surface area contributed by atoms with Gasteiger partial charge in [-0.15, -0.1) is 0 Å². The van der Waals surface area contributed by atoms with Gasteiger partial charge in [-0.05, 0) is 36.7 Å². The summed E-state index contributed by atoms with van der Waals surface area (Å²) >= 11 is 5.18. The van der Waals surface area contributed by atoms with Crippen LogP contribution in [-0.2, 0) is 11.9 Å². The van der Waals surface area contributed by atoms with E-state index in [4.69, 9.17) is 11.6 Å². The molecule has 0 atom stereocenters. The fraction of sp³-hybridized carbons (Fsp3) is 0.222. The van der Waals surface area contributed by atoms with Gasteiger partial charge in [0.1, 0.15) is 11.3 Å². The second kappa shape index (κ2) is 6.52. The second-order valence-electron chi connectivity index (χ2n) is 6.44. The third-order valence-corrected chi connectivity index (χ3v) is 4.42. The van der Waals surface area contributed by atoms with Crippen molar-refractivity contribution in [2.75, 3.05) is 7.05 Å². The van der Waals surface area contributed by atoms with E-state index in [0.717, 1.165) is 16.2 Å². The molecule has 0 saturated heterocycles. The Labute approximate surface area is 163 Å². The van der Waals surface area contributed by atoms with Gasteiger partial charge in [0.25, 0.3) is 5.91 Å². The summed E-state index contributed by atoms with van der Waals surface area (Å²) in [5.41, 5.74) is 1.37. The molecule has 0 fully saturated rings. The largest absolute Gasteiger partial charge is 0.364 e. The van der Waals surface area contributed by atoms with Crippen LogP contribution in [0.4, 0.5) is 8.78 Å². The molecule has 7 nitrogen and oxygen atoms in total. The molecule has 0 aliphatic carbocycles. The van der Waals surface area contributed by atoms with E-state index in [-0.39, 0.29) is 17.9 Å². The molecule has 10 heteroatoms. The molecule has 0 unspecified atom stereocenters. The minimum absolute atomic E-state index is 0.00784. The smallest absolute Gasteiger partial charge is 0.334 e. The molecule has 0 aliphatic rings. The predicted octanol–water partition coefficient (Wildman–Crippen LogP) is 3.25. The van der Waals surface area contributed by atoms with E-state index in [0.29, 0.717) is 11.4 Å². The molecule has 0 spiro atoms. The Bertz CT molecular complexity index is 1160. The molecule has 4 rings (SSSR count). The lowest BCUT2D eigenvalue weighted by Crippen LogP contribution is -2.26. The number of halogens is 3. The van der Waals surface area contributed by atoms with Crippen molar-refractivity contribution in [3.8, 4) is 0 Å². The highest BCUT2D eigenvalue weighted by molar-refractivity contribution is 6.21. The number of pyridine rings is 1. The maximum atomic E-state index is 13.7. The van der Waals surface area contributed by atoms with E-state index >= 15 is 0 Å². The van der Waals surface area contributed by atoms with E-state index in [9.17, 15) is 13.6 Å². The highest BCUT2D eigenvalue weighted by atomic mass is 35.5. The number of aryl methyl sites for hydroxylation is 1. The molecule has 144 valence electrons. The van der Waals surface area contributed by atoms with Crippen LogP contribution < -0.4 is 0 Å². The van der Waals surface area contributed by atoms with Gasteiger partial charge in [-0.3, -0.25) is 4.79 Å². The topological polar surface area (TPSA) is 67.8 Å². The van der Waals surface area contributed by atoms with E-state index < -0.39 is 17.0 Å². The van der Waals surface area contributed by atoms with Crippen LogP contribution in [0.15, 0.2) is 42.7 Å². The van der Waals surface area contributed by atoms with Gasteiger partial charge < -0.3 is 9.30 Å². The number of hydrogen-bond donors (Lipinski definition) is 0. The Morgan fingerprint density at radius 2 is 2.04 bits per heavy atom. The van der Waals surface area contributed by atoms with Crippen molar-refractivity contribution < 1.29 is 13.6 Å². The summed E-state index contributed by atoms with van der Waals surface area (Å²) in [6.45, 7) is 1.80. The summed E-state index contributed by atoms with van der Waals surface area (Å²) in [7, 11) is 1.59. The van der Waals surface area contributed by atoms with Gasteiger partial charge in [0, 0.05) is 31.2 Å². The molecule has 0 saturated carbocycles. The first kappa shape index (κ1) is 18.3. The normalized spacial score (nSPS) is 12.0. The van der Waals surface area contributed by atoms with Crippen molar-refractivity contribution in [2.24, 2.45) is 0 Å². The van der Waals surface area contributed by atoms with Crippen LogP contribution in [0.2, 0.25) is 0 Å². The first-order chi connectivity index (χ1) is 13.2. The summed E-state index contributed by atoms with van der Waals surface area (Å²) in [5, 5.41) is 0.360. The number of hydrogen-bond acceptors (Lipinski definition) is 4. The summed E-state index contributed by atoms with van der Waals surface area (Å²) in [4.78, 5) is 22.7. The highest BCUT2D eigenvalue weighted by Gasteiger charge is 2.33. The van der Waals surface area contributed by atoms with Crippen molar-refractivity contribution >= 4 is 28.8 Å². The quantitative estimate of drug-likeness (QED) is 0.490. The average molecular weight is 405 g/mol. The first-order valence-electron chi connectivity index (χ1n) is 8.35. The molecule has 0 bridgehead atoms. The fourth-order valence-corrected chi connectivity index (χ4v) is 3.11. The average Bonchev–Trinajstić information content (AvgIpc) is 3.22. The zero-order valence-corrected chi connectivity index (χ0v) is 15.7. The summed E-state index contributed by atoms with van der Waals surface area (Å²) < 4.78 is 30.1. The number of imidazole rings is 1. The molecular weight excluding hydrogens is 390 g/mol. The molecule has 4 aromatic heterocycles. The van der Waals surface area contributed by atoms with Crippen molar-refractivity contribution in [2.45, 2.75) is 18.9 Å². The van der Waals surface area contributed by atoms with Gasteiger partial charge in [-0.2, -0.15) is 13.9 Å². The zero-order valence-electron chi connectivity index (χ0n) is 15.0. The molecule has 0 radical (unpaired) electrons. The second-order valence-corrected chi connectivity index (χ2v) is 6.91. The summed E-state index contributed by atoms with van der Waals surface area (Å²) in [6.07, 6.45) is 3.68. The summed E-state index contributed by atoms with van der Waals surface area (Å²) in [6, 6.07) is 8.11. The van der Waals surface area contributed by atoms with E-state index in [1.165, 1.54) is 11.0 Å². The Balaban J connectivity index is 1.64. The molecule has 28 heavy (non-hydrogen) atoms. The van der Waals surface area contributed by atoms with E-state index in [1.54, 1.807) is 14.0 Å². The lowest BCUT2D eigenvalue weighted by Gasteiger charge is -2.14. The molecule has 4 aromatic rings. The molecular formula is C18H15ClF2N6O. The third kappa shape index (κ3) is 3.29. The molecule has 0 aliphatic heterocycles. The number of aromatic nitrogens is 5. The van der Waals surface area contributed by atoms with Crippen molar-refractivity contribution in [3.05, 3.63) is 65.5 Å². The first-order valence-corrected chi connectivity index (χ1v) is 8.73. The maximum absolute atomic E-state index is 13.7. The molecule has 1 amide bonds. The Hall–Kier alpha value is -3.07. The maximum Gasteiger partial charge on any atom is 0.364 e. The van der Waals surface area contributed by atoms with E-state index in [2.05, 4.69) is 15.1 Å². The molecule has 4 heterocycles. The monoisotopic (exact) mass is 404 g/mol. The van der Waals surface area contributed by atoms with Gasteiger partial charge in [0.15, 0.2) is 11.3 Å². The fourth-order valence-electron chi connectivity index (χ4n) is 2.98. The number of amides is 1. The van der Waals surface area contributed by atoms with Crippen LogP contribution in [0.5, 0.6) is 0 Å². The number of alkyl halides is 3. The van der Waals surface area contributed by atoms with Crippen molar-refractivity contribution in [1.82, 2.24) is 28.9 Å². The number of carbonyl (C=O) groups is 1. The lowest BCUT2D eigenvalue weighted by molar-refractivity contribution is 0.0771. The summed E-state index contributed by atoms with van der Waals surface area (Å²) in [5.74, 6) is -0.441. The Morgan fingerprint density at radius 3 is 2.75 bits per heavy atom. The Morgan fingerprint density at radius 1 is 1.25 bits per heavy atom. The standard InChI is InChI=1S/C18H15ClF2N6O/c1-11-7-14(18(19,20)21)27-16(22-11)8-13(24-27)17(28)25(2)9-12-10-26-6-4-3-5-15(26)23-12/h3-8,10H,9H2,1-2H3. The number of nitrogens with zero attached hydrogens (tertiary/aromatic N) is 6. The molecule has 0 aromatic carbocycles. The number of rotatable bonds is 4. The minimum Gasteiger partial charge on any atom is -0.334 e. The van der Waals surface area contributed by atoms with E-state index in [1.807, 2.05) is 35.0 Å². The predicted molar refractivity (Wildman–Crippen MR) is 98.5 cm³/mol. The van der Waals surface area contributed by atoms with Crippen LogP contribution in [0.25, 0.3) is 11.3 Å². The Kier molecular flexibility index (Phi) is 4.26.